The Hall–Kier alpha value is -2.69. The van der Waals surface area contributed by atoms with Gasteiger partial charge in [0.25, 0.3) is 0 Å². The topological polar surface area (TPSA) is 34.1 Å². The monoisotopic (exact) mass is 300 g/mol. The van der Waals surface area contributed by atoms with E-state index in [2.05, 4.69) is 10.3 Å². The summed E-state index contributed by atoms with van der Waals surface area (Å²) in [6.45, 7) is 1.84. The Morgan fingerprint density at radius 2 is 1.82 bits per heavy atom. The lowest BCUT2D eigenvalue weighted by atomic mass is 10.1. The van der Waals surface area contributed by atoms with E-state index in [0.717, 1.165) is 34.8 Å². The minimum absolute atomic E-state index is 0.0859. The standard InChI is InChI=1S/C17H14F2N2O/c1-10-7-15(21-17-8-11(18)3-6-14(17)19)13-5-4-12(22-2)9-16(13)20-10/h3-9H,1-2H3,(H,20,21). The fourth-order valence-corrected chi connectivity index (χ4v) is 2.31. The molecule has 3 aromatic rings. The zero-order chi connectivity index (χ0) is 15.7. The molecule has 0 amide bonds. The summed E-state index contributed by atoms with van der Waals surface area (Å²) >= 11 is 0. The molecule has 0 radical (unpaired) electrons. The van der Waals surface area contributed by atoms with Gasteiger partial charge in [-0.1, -0.05) is 0 Å². The van der Waals surface area contributed by atoms with Crippen molar-refractivity contribution in [3.8, 4) is 5.75 Å². The summed E-state index contributed by atoms with van der Waals surface area (Å²) in [5, 5.41) is 3.74. The summed E-state index contributed by atoms with van der Waals surface area (Å²) in [5.74, 6) is -0.327. The Morgan fingerprint density at radius 3 is 2.59 bits per heavy atom. The highest BCUT2D eigenvalue weighted by Crippen LogP contribution is 2.30. The average molecular weight is 300 g/mol. The van der Waals surface area contributed by atoms with Gasteiger partial charge in [0.15, 0.2) is 0 Å². The molecule has 1 heterocycles. The van der Waals surface area contributed by atoms with Gasteiger partial charge < -0.3 is 10.1 Å². The van der Waals surface area contributed by atoms with Crippen molar-refractivity contribution in [2.45, 2.75) is 6.92 Å². The highest BCUT2D eigenvalue weighted by molar-refractivity contribution is 5.94. The van der Waals surface area contributed by atoms with E-state index in [9.17, 15) is 8.78 Å². The van der Waals surface area contributed by atoms with Crippen LogP contribution >= 0.6 is 0 Å². The van der Waals surface area contributed by atoms with Gasteiger partial charge in [-0.2, -0.15) is 0 Å². The van der Waals surface area contributed by atoms with Crippen molar-refractivity contribution in [1.29, 1.82) is 0 Å². The summed E-state index contributed by atoms with van der Waals surface area (Å²) in [6, 6.07) is 10.5. The predicted molar refractivity (Wildman–Crippen MR) is 82.7 cm³/mol. The van der Waals surface area contributed by atoms with Gasteiger partial charge in [-0.05, 0) is 37.3 Å². The first kappa shape index (κ1) is 14.3. The normalized spacial score (nSPS) is 10.7. The second-order valence-corrected chi connectivity index (χ2v) is 4.94. The summed E-state index contributed by atoms with van der Waals surface area (Å²) in [7, 11) is 1.58. The van der Waals surface area contributed by atoms with Crippen molar-refractivity contribution in [1.82, 2.24) is 4.98 Å². The molecule has 5 heteroatoms. The number of pyridine rings is 1. The first-order chi connectivity index (χ1) is 10.6. The van der Waals surface area contributed by atoms with Crippen molar-refractivity contribution in [3.63, 3.8) is 0 Å². The third kappa shape index (κ3) is 2.70. The third-order valence-corrected chi connectivity index (χ3v) is 3.34. The second kappa shape index (κ2) is 5.60. The lowest BCUT2D eigenvalue weighted by Gasteiger charge is -2.12. The number of halogens is 2. The number of fused-ring (bicyclic) bond motifs is 1. The minimum Gasteiger partial charge on any atom is -0.497 e. The van der Waals surface area contributed by atoms with Crippen molar-refractivity contribution < 1.29 is 13.5 Å². The molecule has 3 nitrogen and oxygen atoms in total. The van der Waals surface area contributed by atoms with Gasteiger partial charge in [0, 0.05) is 28.9 Å². The number of ether oxygens (including phenoxy) is 1. The number of rotatable bonds is 3. The van der Waals surface area contributed by atoms with E-state index in [4.69, 9.17) is 4.74 Å². The maximum Gasteiger partial charge on any atom is 0.146 e. The highest BCUT2D eigenvalue weighted by atomic mass is 19.1. The molecule has 0 spiro atoms. The molecule has 0 fully saturated rings. The molecule has 0 saturated carbocycles. The fourth-order valence-electron chi connectivity index (χ4n) is 2.31. The Balaban J connectivity index is 2.12. The van der Waals surface area contributed by atoms with Crippen LogP contribution in [0.25, 0.3) is 10.9 Å². The number of benzene rings is 2. The Morgan fingerprint density at radius 1 is 1.00 bits per heavy atom. The van der Waals surface area contributed by atoms with Gasteiger partial charge in [-0.25, -0.2) is 8.78 Å². The van der Waals surface area contributed by atoms with E-state index in [0.29, 0.717) is 11.4 Å². The lowest BCUT2D eigenvalue weighted by molar-refractivity contribution is 0.415. The van der Waals surface area contributed by atoms with E-state index in [1.54, 1.807) is 25.3 Å². The first-order valence-electron chi connectivity index (χ1n) is 6.74. The summed E-state index contributed by atoms with van der Waals surface area (Å²) in [6.07, 6.45) is 0. The van der Waals surface area contributed by atoms with Crippen LogP contribution in [0.2, 0.25) is 0 Å². The SMILES string of the molecule is COc1ccc2c(Nc3cc(F)ccc3F)cc(C)nc2c1. The number of hydrogen-bond acceptors (Lipinski definition) is 3. The molecule has 0 aliphatic heterocycles. The van der Waals surface area contributed by atoms with Crippen LogP contribution < -0.4 is 10.1 Å². The van der Waals surface area contributed by atoms with Gasteiger partial charge >= 0.3 is 0 Å². The molecule has 1 aromatic heterocycles. The fraction of sp³-hybridized carbons (Fsp3) is 0.118. The Bertz CT molecular complexity index is 849. The molecule has 0 saturated heterocycles. The molecule has 0 aliphatic carbocycles. The van der Waals surface area contributed by atoms with Crippen LogP contribution in [0.4, 0.5) is 20.2 Å². The third-order valence-electron chi connectivity index (χ3n) is 3.34. The molecule has 112 valence electrons. The average Bonchev–Trinajstić information content (AvgIpc) is 2.50. The minimum atomic E-state index is -0.516. The summed E-state index contributed by atoms with van der Waals surface area (Å²) in [4.78, 5) is 4.44. The molecule has 0 atom stereocenters. The van der Waals surface area contributed by atoms with Crippen LogP contribution in [0.5, 0.6) is 5.75 Å². The number of nitrogens with one attached hydrogen (secondary N) is 1. The number of anilines is 2. The van der Waals surface area contributed by atoms with Crippen LogP contribution in [-0.2, 0) is 0 Å². The molecule has 3 rings (SSSR count). The van der Waals surface area contributed by atoms with E-state index < -0.39 is 11.6 Å². The number of methoxy groups -OCH3 is 1. The molecule has 0 bridgehead atoms. The van der Waals surface area contributed by atoms with Crippen molar-refractivity contribution in [2.75, 3.05) is 12.4 Å². The zero-order valence-electron chi connectivity index (χ0n) is 12.2. The predicted octanol–water partition coefficient (Wildman–Crippen LogP) is 4.57. The van der Waals surface area contributed by atoms with E-state index >= 15 is 0 Å². The number of aryl methyl sites for hydroxylation is 1. The number of aromatic nitrogens is 1. The van der Waals surface area contributed by atoms with E-state index in [1.807, 2.05) is 13.0 Å². The molecule has 2 aromatic carbocycles. The molecule has 1 N–H and O–H groups in total. The van der Waals surface area contributed by atoms with E-state index in [1.165, 1.54) is 0 Å². The largest absolute Gasteiger partial charge is 0.497 e. The van der Waals surface area contributed by atoms with Crippen LogP contribution in [0.1, 0.15) is 5.69 Å². The number of nitrogens with zero attached hydrogens (tertiary/aromatic N) is 1. The van der Waals surface area contributed by atoms with Crippen LogP contribution in [0, 0.1) is 18.6 Å². The smallest absolute Gasteiger partial charge is 0.146 e. The van der Waals surface area contributed by atoms with Gasteiger partial charge in [0.2, 0.25) is 0 Å². The van der Waals surface area contributed by atoms with Crippen LogP contribution in [-0.4, -0.2) is 12.1 Å². The highest BCUT2D eigenvalue weighted by Gasteiger charge is 2.09. The number of hydrogen-bond donors (Lipinski definition) is 1. The maximum atomic E-state index is 13.8. The Labute approximate surface area is 126 Å². The molecule has 22 heavy (non-hydrogen) atoms. The second-order valence-electron chi connectivity index (χ2n) is 4.94. The maximum absolute atomic E-state index is 13.8. The van der Waals surface area contributed by atoms with Crippen molar-refractivity contribution in [2.24, 2.45) is 0 Å². The molecular weight excluding hydrogens is 286 g/mol. The van der Waals surface area contributed by atoms with Crippen molar-refractivity contribution in [3.05, 3.63) is 59.8 Å². The molecular formula is C17H14F2N2O. The van der Waals surface area contributed by atoms with Gasteiger partial charge in [-0.3, -0.25) is 4.98 Å². The van der Waals surface area contributed by atoms with E-state index in [-0.39, 0.29) is 5.69 Å². The van der Waals surface area contributed by atoms with Gasteiger partial charge in [-0.15, -0.1) is 0 Å². The van der Waals surface area contributed by atoms with Gasteiger partial charge in [0.05, 0.1) is 18.3 Å². The van der Waals surface area contributed by atoms with Crippen molar-refractivity contribution >= 4 is 22.3 Å². The van der Waals surface area contributed by atoms with Gasteiger partial charge in [0.1, 0.15) is 17.4 Å². The zero-order valence-corrected chi connectivity index (χ0v) is 12.2. The quantitative estimate of drug-likeness (QED) is 0.769. The molecule has 0 unspecified atom stereocenters. The Kier molecular flexibility index (Phi) is 3.63. The summed E-state index contributed by atoms with van der Waals surface area (Å²) < 4.78 is 32.3. The lowest BCUT2D eigenvalue weighted by Crippen LogP contribution is -1.98. The van der Waals surface area contributed by atoms with Crippen LogP contribution in [0.3, 0.4) is 0 Å². The first-order valence-corrected chi connectivity index (χ1v) is 6.74. The van der Waals surface area contributed by atoms with Crippen LogP contribution in [0.15, 0.2) is 42.5 Å². The molecule has 0 aliphatic rings. The summed E-state index contributed by atoms with van der Waals surface area (Å²) in [5.41, 5.74) is 2.23.